The summed E-state index contributed by atoms with van der Waals surface area (Å²) in [5.41, 5.74) is 0. The third-order valence-electron chi connectivity index (χ3n) is 1.35. The number of hydrogen-bond acceptors (Lipinski definition) is 5. The highest BCUT2D eigenvalue weighted by Gasteiger charge is 2.12. The van der Waals surface area contributed by atoms with Crippen LogP contribution in [0.15, 0.2) is 4.99 Å². The number of esters is 2. The number of hydrogen-bond donors (Lipinski definition) is 0. The summed E-state index contributed by atoms with van der Waals surface area (Å²) in [6, 6.07) is 0. The lowest BCUT2D eigenvalue weighted by Crippen LogP contribution is -2.29. The van der Waals surface area contributed by atoms with Gasteiger partial charge in [0.1, 0.15) is 6.54 Å². The van der Waals surface area contributed by atoms with E-state index in [9.17, 15) is 9.59 Å². The van der Waals surface area contributed by atoms with Crippen molar-refractivity contribution in [2.45, 2.75) is 6.92 Å². The van der Waals surface area contributed by atoms with E-state index >= 15 is 0 Å². The van der Waals surface area contributed by atoms with E-state index in [1.54, 1.807) is 11.2 Å². The molecule has 12 heavy (non-hydrogen) atoms. The Balaban J connectivity index is 2.26. The predicted octanol–water partition coefficient (Wildman–Crippen LogP) is -0.580. The molecule has 1 heterocycles. The van der Waals surface area contributed by atoms with E-state index in [2.05, 4.69) is 9.73 Å². The van der Waals surface area contributed by atoms with Gasteiger partial charge in [-0.05, 0) is 0 Å². The van der Waals surface area contributed by atoms with Crippen LogP contribution in [0.3, 0.4) is 0 Å². The molecule has 0 unspecified atom stereocenters. The standard InChI is InChI=1S/C7H10N2O3/c1-6(10)12-7(11)4-9-3-2-8-5-9/h5H,2-4H2,1H3. The lowest BCUT2D eigenvalue weighted by atomic mass is 10.5. The second kappa shape index (κ2) is 3.85. The summed E-state index contributed by atoms with van der Waals surface area (Å²) >= 11 is 0. The predicted molar refractivity (Wildman–Crippen MR) is 41.7 cm³/mol. The molecule has 0 radical (unpaired) electrons. The Morgan fingerprint density at radius 3 is 2.92 bits per heavy atom. The molecular weight excluding hydrogens is 160 g/mol. The van der Waals surface area contributed by atoms with Crippen LogP contribution in [-0.2, 0) is 14.3 Å². The zero-order valence-electron chi connectivity index (χ0n) is 6.82. The van der Waals surface area contributed by atoms with E-state index in [4.69, 9.17) is 0 Å². The van der Waals surface area contributed by atoms with Gasteiger partial charge in [0.05, 0.1) is 12.9 Å². The van der Waals surface area contributed by atoms with Crippen molar-refractivity contribution in [1.82, 2.24) is 4.90 Å². The van der Waals surface area contributed by atoms with Crippen LogP contribution in [-0.4, -0.2) is 42.8 Å². The van der Waals surface area contributed by atoms with Gasteiger partial charge in [-0.15, -0.1) is 0 Å². The quantitative estimate of drug-likeness (QED) is 0.411. The Morgan fingerprint density at radius 2 is 2.42 bits per heavy atom. The Bertz CT molecular complexity index is 225. The molecule has 0 fully saturated rings. The Labute approximate surface area is 70.0 Å². The van der Waals surface area contributed by atoms with Crippen LogP contribution in [0, 0.1) is 0 Å². The number of nitrogens with zero attached hydrogens (tertiary/aromatic N) is 2. The number of aliphatic imine (C=N–C) groups is 1. The molecule has 0 aromatic heterocycles. The Hall–Kier alpha value is -1.39. The molecule has 0 saturated heterocycles. The van der Waals surface area contributed by atoms with Crippen LogP contribution in [0.4, 0.5) is 0 Å². The molecule has 0 aromatic carbocycles. The molecule has 5 heteroatoms. The van der Waals surface area contributed by atoms with Crippen LogP contribution < -0.4 is 0 Å². The van der Waals surface area contributed by atoms with Crippen molar-refractivity contribution in [1.29, 1.82) is 0 Å². The van der Waals surface area contributed by atoms with Crippen LogP contribution in [0.1, 0.15) is 6.92 Å². The zero-order valence-corrected chi connectivity index (χ0v) is 6.82. The minimum absolute atomic E-state index is 0.100. The van der Waals surface area contributed by atoms with Gasteiger partial charge in [0.15, 0.2) is 0 Å². The summed E-state index contributed by atoms with van der Waals surface area (Å²) in [5, 5.41) is 0. The SMILES string of the molecule is CC(=O)OC(=O)CN1C=NCC1. The van der Waals surface area contributed by atoms with Gasteiger partial charge in [-0.3, -0.25) is 9.79 Å². The van der Waals surface area contributed by atoms with E-state index in [1.807, 2.05) is 0 Å². The first-order valence-electron chi connectivity index (χ1n) is 3.64. The van der Waals surface area contributed by atoms with Crippen molar-refractivity contribution in [3.05, 3.63) is 0 Å². The monoisotopic (exact) mass is 170 g/mol. The summed E-state index contributed by atoms with van der Waals surface area (Å²) in [5.74, 6) is -1.10. The fraction of sp³-hybridized carbons (Fsp3) is 0.571. The van der Waals surface area contributed by atoms with Gasteiger partial charge in [0.25, 0.3) is 0 Å². The molecule has 5 nitrogen and oxygen atoms in total. The Morgan fingerprint density at radius 1 is 1.67 bits per heavy atom. The fourth-order valence-corrected chi connectivity index (χ4v) is 0.895. The molecule has 0 aliphatic carbocycles. The maximum atomic E-state index is 10.9. The summed E-state index contributed by atoms with van der Waals surface area (Å²) in [4.78, 5) is 26.8. The highest BCUT2D eigenvalue weighted by Crippen LogP contribution is 1.93. The molecule has 1 aliphatic heterocycles. The van der Waals surface area contributed by atoms with E-state index in [1.165, 1.54) is 6.92 Å². The fourth-order valence-electron chi connectivity index (χ4n) is 0.895. The lowest BCUT2D eigenvalue weighted by molar-refractivity contribution is -0.158. The largest absolute Gasteiger partial charge is 0.392 e. The lowest BCUT2D eigenvalue weighted by Gasteiger charge is -2.10. The highest BCUT2D eigenvalue weighted by molar-refractivity contribution is 5.86. The molecule has 0 spiro atoms. The van der Waals surface area contributed by atoms with Crippen molar-refractivity contribution in [3.63, 3.8) is 0 Å². The number of carbonyl (C=O) groups excluding carboxylic acids is 2. The van der Waals surface area contributed by atoms with Gasteiger partial charge < -0.3 is 9.64 Å². The Kier molecular flexibility index (Phi) is 2.79. The van der Waals surface area contributed by atoms with E-state index < -0.39 is 11.9 Å². The van der Waals surface area contributed by atoms with E-state index in [-0.39, 0.29) is 6.54 Å². The molecule has 0 amide bonds. The minimum Gasteiger partial charge on any atom is -0.392 e. The average Bonchev–Trinajstić information content (AvgIpc) is 2.37. The first-order chi connectivity index (χ1) is 5.68. The summed E-state index contributed by atoms with van der Waals surface area (Å²) < 4.78 is 4.33. The van der Waals surface area contributed by atoms with Crippen LogP contribution in [0.25, 0.3) is 0 Å². The maximum Gasteiger partial charge on any atom is 0.333 e. The van der Waals surface area contributed by atoms with E-state index in [0.717, 1.165) is 0 Å². The van der Waals surface area contributed by atoms with Gasteiger partial charge in [0.2, 0.25) is 0 Å². The van der Waals surface area contributed by atoms with Crippen LogP contribution in [0.2, 0.25) is 0 Å². The summed E-state index contributed by atoms with van der Waals surface area (Å²) in [6.45, 7) is 2.72. The van der Waals surface area contributed by atoms with Crippen molar-refractivity contribution in [2.75, 3.05) is 19.6 Å². The molecular formula is C7H10N2O3. The van der Waals surface area contributed by atoms with Crippen molar-refractivity contribution >= 4 is 18.3 Å². The minimum atomic E-state index is -0.573. The summed E-state index contributed by atoms with van der Waals surface area (Å²) in [7, 11) is 0. The molecule has 0 saturated carbocycles. The van der Waals surface area contributed by atoms with Gasteiger partial charge in [-0.25, -0.2) is 4.79 Å². The van der Waals surface area contributed by atoms with Gasteiger partial charge in [0, 0.05) is 13.5 Å². The second-order valence-corrected chi connectivity index (χ2v) is 2.46. The molecule has 0 bridgehead atoms. The van der Waals surface area contributed by atoms with Crippen molar-refractivity contribution in [3.8, 4) is 0 Å². The zero-order chi connectivity index (χ0) is 8.97. The van der Waals surface area contributed by atoms with Crippen molar-refractivity contribution < 1.29 is 14.3 Å². The highest BCUT2D eigenvalue weighted by atomic mass is 16.6. The second-order valence-electron chi connectivity index (χ2n) is 2.46. The number of carbonyl (C=O) groups is 2. The average molecular weight is 170 g/mol. The summed E-state index contributed by atoms with van der Waals surface area (Å²) in [6.07, 6.45) is 1.58. The maximum absolute atomic E-state index is 10.9. The smallest absolute Gasteiger partial charge is 0.333 e. The molecule has 0 N–H and O–H groups in total. The first-order valence-corrected chi connectivity index (χ1v) is 3.64. The topological polar surface area (TPSA) is 59.0 Å². The third-order valence-corrected chi connectivity index (χ3v) is 1.35. The van der Waals surface area contributed by atoms with Gasteiger partial charge in [-0.1, -0.05) is 0 Å². The van der Waals surface area contributed by atoms with Crippen molar-refractivity contribution in [2.24, 2.45) is 4.99 Å². The molecule has 0 aromatic rings. The normalized spacial score (nSPS) is 14.9. The van der Waals surface area contributed by atoms with Gasteiger partial charge >= 0.3 is 11.9 Å². The number of rotatable bonds is 2. The molecule has 66 valence electrons. The molecule has 1 aliphatic rings. The van der Waals surface area contributed by atoms with Gasteiger partial charge in [-0.2, -0.15) is 0 Å². The third kappa shape index (κ3) is 2.69. The van der Waals surface area contributed by atoms with Crippen LogP contribution in [0.5, 0.6) is 0 Å². The molecule has 0 atom stereocenters. The number of ether oxygens (including phenoxy) is 1. The van der Waals surface area contributed by atoms with E-state index in [0.29, 0.717) is 13.1 Å². The molecule has 1 rings (SSSR count). The van der Waals surface area contributed by atoms with Crippen LogP contribution >= 0.6 is 0 Å². The first kappa shape index (κ1) is 8.70.